The van der Waals surface area contributed by atoms with Crippen LogP contribution in [0.3, 0.4) is 0 Å². The Hall–Kier alpha value is -2.62. The van der Waals surface area contributed by atoms with Crippen LogP contribution in [-0.2, 0) is 6.54 Å². The van der Waals surface area contributed by atoms with Gasteiger partial charge in [0.2, 0.25) is 0 Å². The number of aromatic nitrogens is 1. The van der Waals surface area contributed by atoms with E-state index in [4.69, 9.17) is 0 Å². The molecule has 0 atom stereocenters. The fourth-order valence-corrected chi connectivity index (χ4v) is 2.99. The first-order chi connectivity index (χ1) is 12.3. The third-order valence-electron chi connectivity index (χ3n) is 4.46. The first kappa shape index (κ1) is 17.2. The molecule has 1 aromatic heterocycles. The van der Waals surface area contributed by atoms with Crippen molar-refractivity contribution in [3.63, 3.8) is 0 Å². The molecule has 0 saturated heterocycles. The van der Waals surface area contributed by atoms with E-state index in [0.717, 1.165) is 12.2 Å². The monoisotopic (exact) mass is 335 g/mol. The number of amides is 1. The van der Waals surface area contributed by atoms with Crippen LogP contribution in [0.5, 0.6) is 0 Å². The number of nitrogens with one attached hydrogen (secondary N) is 2. The second-order valence-electron chi connectivity index (χ2n) is 6.39. The van der Waals surface area contributed by atoms with E-state index >= 15 is 0 Å². The molecule has 0 radical (unpaired) electrons. The van der Waals surface area contributed by atoms with Crippen molar-refractivity contribution in [2.75, 3.05) is 11.9 Å². The largest absolute Gasteiger partial charge is 0.366 e. The Morgan fingerprint density at radius 2 is 1.96 bits per heavy atom. The lowest BCUT2D eigenvalue weighted by molar-refractivity contribution is 0.0953. The van der Waals surface area contributed by atoms with Crippen LogP contribution >= 0.6 is 0 Å². The highest BCUT2D eigenvalue weighted by atomic mass is 16.1. The first-order valence-corrected chi connectivity index (χ1v) is 9.01. The van der Waals surface area contributed by atoms with Gasteiger partial charge in [-0.05, 0) is 49.8 Å². The first-order valence-electron chi connectivity index (χ1n) is 9.01. The van der Waals surface area contributed by atoms with Gasteiger partial charge in [-0.1, -0.05) is 42.0 Å². The van der Waals surface area contributed by atoms with Gasteiger partial charge in [0.05, 0.1) is 5.56 Å². The van der Waals surface area contributed by atoms with Crippen LogP contribution in [0.4, 0.5) is 5.82 Å². The molecule has 1 aliphatic carbocycles. The zero-order valence-electron chi connectivity index (χ0n) is 14.5. The number of hydrogen-bond acceptors (Lipinski definition) is 3. The van der Waals surface area contributed by atoms with Crippen molar-refractivity contribution in [3.8, 4) is 0 Å². The van der Waals surface area contributed by atoms with Crippen molar-refractivity contribution < 1.29 is 4.79 Å². The fraction of sp³-hybridized carbons (Fsp3) is 0.333. The molecule has 4 heteroatoms. The number of pyridine rings is 1. The second-order valence-corrected chi connectivity index (χ2v) is 6.39. The normalized spacial score (nSPS) is 13.8. The van der Waals surface area contributed by atoms with Crippen molar-refractivity contribution in [1.82, 2.24) is 10.3 Å². The van der Waals surface area contributed by atoms with Gasteiger partial charge in [-0.3, -0.25) is 4.79 Å². The van der Waals surface area contributed by atoms with Crippen LogP contribution in [0.25, 0.3) is 0 Å². The van der Waals surface area contributed by atoms with Crippen molar-refractivity contribution in [3.05, 3.63) is 71.4 Å². The molecule has 2 aromatic rings. The van der Waals surface area contributed by atoms with Gasteiger partial charge in [0.25, 0.3) is 5.91 Å². The maximum Gasteiger partial charge on any atom is 0.252 e. The minimum absolute atomic E-state index is 0.0569. The van der Waals surface area contributed by atoms with E-state index < -0.39 is 0 Å². The maximum atomic E-state index is 12.2. The number of benzene rings is 1. The van der Waals surface area contributed by atoms with Crippen molar-refractivity contribution in [1.29, 1.82) is 0 Å². The Bertz CT molecular complexity index is 708. The number of carbonyl (C=O) groups excluding carboxylic acids is 1. The third kappa shape index (κ3) is 5.45. The SMILES string of the molecule is O=C(NCCC1=CCCCC1)c1ccc(NCc2ccccc2)nc1. The van der Waals surface area contributed by atoms with Gasteiger partial charge in [0, 0.05) is 19.3 Å². The summed E-state index contributed by atoms with van der Waals surface area (Å²) < 4.78 is 0. The lowest BCUT2D eigenvalue weighted by Gasteiger charge is -2.13. The Labute approximate surface area is 149 Å². The predicted octanol–water partition coefficient (Wildman–Crippen LogP) is 4.31. The van der Waals surface area contributed by atoms with E-state index in [0.29, 0.717) is 18.7 Å². The molecular formula is C21H25N3O. The van der Waals surface area contributed by atoms with Gasteiger partial charge in [0.1, 0.15) is 5.82 Å². The second kappa shape index (κ2) is 9.02. The number of allylic oxidation sites excluding steroid dienone is 1. The maximum absolute atomic E-state index is 12.2. The Balaban J connectivity index is 1.44. The molecule has 0 bridgehead atoms. The molecule has 1 amide bonds. The fourth-order valence-electron chi connectivity index (χ4n) is 2.99. The highest BCUT2D eigenvalue weighted by Crippen LogP contribution is 2.19. The predicted molar refractivity (Wildman–Crippen MR) is 102 cm³/mol. The van der Waals surface area contributed by atoms with Gasteiger partial charge in [-0.25, -0.2) is 4.98 Å². The summed E-state index contributed by atoms with van der Waals surface area (Å²) >= 11 is 0. The van der Waals surface area contributed by atoms with E-state index in [1.807, 2.05) is 30.3 Å². The molecule has 1 aliphatic rings. The molecule has 0 unspecified atom stereocenters. The van der Waals surface area contributed by atoms with E-state index in [1.54, 1.807) is 6.20 Å². The summed E-state index contributed by atoms with van der Waals surface area (Å²) in [5, 5.41) is 6.25. The van der Waals surface area contributed by atoms with E-state index in [2.05, 4.69) is 33.8 Å². The summed E-state index contributed by atoms with van der Waals surface area (Å²) in [5.74, 6) is 0.714. The number of nitrogens with zero attached hydrogens (tertiary/aromatic N) is 1. The number of rotatable bonds is 7. The molecule has 3 rings (SSSR count). The molecule has 0 fully saturated rings. The van der Waals surface area contributed by atoms with Crippen molar-refractivity contribution >= 4 is 11.7 Å². The smallest absolute Gasteiger partial charge is 0.252 e. The Kier molecular flexibility index (Phi) is 6.21. The molecule has 1 aromatic carbocycles. The highest BCUT2D eigenvalue weighted by Gasteiger charge is 2.07. The molecule has 0 saturated carbocycles. The number of anilines is 1. The van der Waals surface area contributed by atoms with Crippen LogP contribution in [0, 0.1) is 0 Å². The van der Waals surface area contributed by atoms with Crippen LogP contribution in [0.15, 0.2) is 60.3 Å². The molecule has 0 spiro atoms. The average molecular weight is 335 g/mol. The van der Waals surface area contributed by atoms with Crippen molar-refractivity contribution in [2.45, 2.75) is 38.6 Å². The van der Waals surface area contributed by atoms with Gasteiger partial charge in [-0.15, -0.1) is 0 Å². The zero-order valence-corrected chi connectivity index (χ0v) is 14.5. The summed E-state index contributed by atoms with van der Waals surface area (Å²) in [4.78, 5) is 16.5. The number of hydrogen-bond donors (Lipinski definition) is 2. The van der Waals surface area contributed by atoms with Crippen molar-refractivity contribution in [2.24, 2.45) is 0 Å². The van der Waals surface area contributed by atoms with Crippen LogP contribution < -0.4 is 10.6 Å². The molecular weight excluding hydrogens is 310 g/mol. The van der Waals surface area contributed by atoms with Gasteiger partial charge in [-0.2, -0.15) is 0 Å². The standard InChI is InChI=1S/C21H25N3O/c25-21(22-14-13-17-7-3-1-4-8-17)19-11-12-20(24-16-19)23-15-18-9-5-2-6-10-18/h2,5-7,9-12,16H,1,3-4,8,13-15H2,(H,22,25)(H,23,24). The average Bonchev–Trinajstić information content (AvgIpc) is 2.68. The van der Waals surface area contributed by atoms with Crippen LogP contribution in [0.1, 0.15) is 48.0 Å². The molecule has 2 N–H and O–H groups in total. The molecule has 1 heterocycles. The molecule has 130 valence electrons. The minimum Gasteiger partial charge on any atom is -0.366 e. The van der Waals surface area contributed by atoms with E-state index in [-0.39, 0.29) is 5.91 Å². The van der Waals surface area contributed by atoms with Crippen LogP contribution in [0.2, 0.25) is 0 Å². The molecule has 0 aliphatic heterocycles. The quantitative estimate of drug-likeness (QED) is 0.741. The third-order valence-corrected chi connectivity index (χ3v) is 4.46. The zero-order chi connectivity index (χ0) is 17.3. The lowest BCUT2D eigenvalue weighted by Crippen LogP contribution is -2.25. The van der Waals surface area contributed by atoms with Gasteiger partial charge < -0.3 is 10.6 Å². The van der Waals surface area contributed by atoms with E-state index in [1.165, 1.54) is 36.8 Å². The topological polar surface area (TPSA) is 54.0 Å². The molecule has 25 heavy (non-hydrogen) atoms. The Morgan fingerprint density at radius 1 is 1.08 bits per heavy atom. The van der Waals surface area contributed by atoms with Gasteiger partial charge >= 0.3 is 0 Å². The van der Waals surface area contributed by atoms with Gasteiger partial charge in [0.15, 0.2) is 0 Å². The minimum atomic E-state index is -0.0569. The molecule has 4 nitrogen and oxygen atoms in total. The summed E-state index contributed by atoms with van der Waals surface area (Å²) in [6.45, 7) is 1.41. The summed E-state index contributed by atoms with van der Waals surface area (Å²) in [6.07, 6.45) is 9.85. The summed E-state index contributed by atoms with van der Waals surface area (Å²) in [5.41, 5.74) is 3.27. The highest BCUT2D eigenvalue weighted by molar-refractivity contribution is 5.94. The van der Waals surface area contributed by atoms with E-state index in [9.17, 15) is 4.79 Å². The summed E-state index contributed by atoms with van der Waals surface area (Å²) in [6, 6.07) is 13.8. The summed E-state index contributed by atoms with van der Waals surface area (Å²) in [7, 11) is 0. The lowest BCUT2D eigenvalue weighted by atomic mass is 9.97. The number of carbonyl (C=O) groups is 1. The Morgan fingerprint density at radius 3 is 2.68 bits per heavy atom. The van der Waals surface area contributed by atoms with Crippen LogP contribution in [-0.4, -0.2) is 17.4 Å².